The van der Waals surface area contributed by atoms with Gasteiger partial charge in [0.15, 0.2) is 11.5 Å². The molecule has 112 valence electrons. The smallest absolute Gasteiger partial charge is 0.160 e. The minimum atomic E-state index is 0.771. The van der Waals surface area contributed by atoms with Crippen molar-refractivity contribution in [2.75, 3.05) is 20.8 Å². The predicted octanol–water partition coefficient (Wildman–Crippen LogP) is 1.79. The Balaban J connectivity index is 1.71. The fraction of sp³-hybridized carbons (Fsp3) is 0.438. The number of nitrogens with one attached hydrogen (secondary N) is 1. The van der Waals surface area contributed by atoms with Crippen molar-refractivity contribution in [3.05, 3.63) is 41.5 Å². The molecule has 0 aliphatic carbocycles. The number of aromatic nitrogens is 2. The first-order chi connectivity index (χ1) is 10.3. The van der Waals surface area contributed by atoms with Crippen LogP contribution in [0.15, 0.2) is 24.5 Å². The number of rotatable bonds is 5. The summed E-state index contributed by atoms with van der Waals surface area (Å²) in [5.74, 6) is 1.55. The van der Waals surface area contributed by atoms with Crippen LogP contribution < -0.4 is 14.8 Å². The first-order valence-corrected chi connectivity index (χ1v) is 7.26. The van der Waals surface area contributed by atoms with Crippen LogP contribution in [-0.2, 0) is 25.9 Å². The zero-order valence-corrected chi connectivity index (χ0v) is 12.6. The second-order valence-electron chi connectivity index (χ2n) is 5.20. The maximum atomic E-state index is 5.35. The van der Waals surface area contributed by atoms with Crippen LogP contribution in [0.3, 0.4) is 0 Å². The Bertz CT molecular complexity index is 622. The summed E-state index contributed by atoms with van der Waals surface area (Å²) in [6.07, 6.45) is 3.97. The molecule has 1 N–H and O–H groups in total. The van der Waals surface area contributed by atoms with Gasteiger partial charge >= 0.3 is 0 Å². The van der Waals surface area contributed by atoms with Crippen molar-refractivity contribution >= 4 is 0 Å². The van der Waals surface area contributed by atoms with E-state index in [4.69, 9.17) is 9.47 Å². The van der Waals surface area contributed by atoms with Crippen LogP contribution in [-0.4, -0.2) is 30.3 Å². The summed E-state index contributed by atoms with van der Waals surface area (Å²) in [6, 6.07) is 6.09. The molecule has 1 aromatic heterocycles. The molecule has 0 unspecified atom stereocenters. The molecule has 1 aliphatic heterocycles. The minimum Gasteiger partial charge on any atom is -0.493 e. The molecule has 0 amide bonds. The molecule has 0 fully saturated rings. The second kappa shape index (κ2) is 6.18. The molecule has 2 heterocycles. The number of hydrogen-bond donors (Lipinski definition) is 1. The van der Waals surface area contributed by atoms with Crippen molar-refractivity contribution < 1.29 is 9.47 Å². The number of benzene rings is 1. The van der Waals surface area contributed by atoms with Crippen molar-refractivity contribution in [2.45, 2.75) is 25.9 Å². The summed E-state index contributed by atoms with van der Waals surface area (Å²) < 4.78 is 12.9. The second-order valence-corrected chi connectivity index (χ2v) is 5.20. The normalized spacial score (nSPS) is 13.8. The molecule has 1 aliphatic rings. The highest BCUT2D eigenvalue weighted by Crippen LogP contribution is 2.28. The van der Waals surface area contributed by atoms with Crippen LogP contribution in [0.4, 0.5) is 0 Å². The van der Waals surface area contributed by atoms with E-state index in [9.17, 15) is 0 Å². The number of methoxy groups -OCH3 is 2. The van der Waals surface area contributed by atoms with Crippen LogP contribution in [0.25, 0.3) is 0 Å². The Morgan fingerprint density at radius 3 is 2.90 bits per heavy atom. The maximum absolute atomic E-state index is 5.35. The number of fused-ring (bicyclic) bond motifs is 1. The summed E-state index contributed by atoms with van der Waals surface area (Å²) in [5, 5.41) is 3.35. The molecule has 0 radical (unpaired) electrons. The number of hydrogen-bond acceptors (Lipinski definition) is 4. The molecule has 0 bridgehead atoms. The minimum absolute atomic E-state index is 0.771. The highest BCUT2D eigenvalue weighted by molar-refractivity contribution is 5.42. The molecule has 5 heteroatoms. The van der Waals surface area contributed by atoms with Crippen LogP contribution in [0.1, 0.15) is 17.0 Å². The van der Waals surface area contributed by atoms with Crippen LogP contribution in [0, 0.1) is 0 Å². The first-order valence-electron chi connectivity index (χ1n) is 7.26. The van der Waals surface area contributed by atoms with Gasteiger partial charge in [-0.3, -0.25) is 0 Å². The van der Waals surface area contributed by atoms with Gasteiger partial charge in [-0.2, -0.15) is 0 Å². The molecule has 1 aromatic carbocycles. The summed E-state index contributed by atoms with van der Waals surface area (Å²) in [7, 11) is 3.32. The monoisotopic (exact) mass is 287 g/mol. The lowest BCUT2D eigenvalue weighted by Crippen LogP contribution is -2.25. The number of aryl methyl sites for hydroxylation is 2. The molecule has 0 spiro atoms. The van der Waals surface area contributed by atoms with Crippen molar-refractivity contribution in [1.82, 2.24) is 14.9 Å². The van der Waals surface area contributed by atoms with E-state index in [1.54, 1.807) is 14.2 Å². The van der Waals surface area contributed by atoms with Crippen LogP contribution >= 0.6 is 0 Å². The molecule has 21 heavy (non-hydrogen) atoms. The molecule has 5 nitrogen and oxygen atoms in total. The Morgan fingerprint density at radius 1 is 1.24 bits per heavy atom. The average Bonchev–Trinajstić information content (AvgIpc) is 2.96. The van der Waals surface area contributed by atoms with Gasteiger partial charge in [0.1, 0.15) is 0 Å². The van der Waals surface area contributed by atoms with E-state index >= 15 is 0 Å². The Morgan fingerprint density at radius 2 is 2.10 bits per heavy atom. The van der Waals surface area contributed by atoms with Crippen molar-refractivity contribution in [1.29, 1.82) is 0 Å². The lowest BCUT2D eigenvalue weighted by atomic mass is 10.1. The van der Waals surface area contributed by atoms with Crippen LogP contribution in [0.2, 0.25) is 0 Å². The molecular formula is C16H21N3O2. The molecule has 0 atom stereocenters. The Labute approximate surface area is 124 Å². The zero-order chi connectivity index (χ0) is 14.7. The van der Waals surface area contributed by atoms with Crippen LogP contribution in [0.5, 0.6) is 11.5 Å². The topological polar surface area (TPSA) is 48.3 Å². The van der Waals surface area contributed by atoms with E-state index < -0.39 is 0 Å². The quantitative estimate of drug-likeness (QED) is 0.911. The molecule has 0 saturated heterocycles. The van der Waals surface area contributed by atoms with E-state index in [2.05, 4.69) is 20.9 Å². The van der Waals surface area contributed by atoms with Crippen molar-refractivity contribution in [3.63, 3.8) is 0 Å². The van der Waals surface area contributed by atoms with E-state index in [-0.39, 0.29) is 0 Å². The SMILES string of the molecule is COc1ccc(CCn2cnc3c2CCNC3)cc1OC. The third-order valence-corrected chi connectivity index (χ3v) is 3.95. The summed E-state index contributed by atoms with van der Waals surface area (Å²) in [5.41, 5.74) is 3.80. The summed E-state index contributed by atoms with van der Waals surface area (Å²) >= 11 is 0. The van der Waals surface area contributed by atoms with Gasteiger partial charge in [-0.25, -0.2) is 4.98 Å². The third kappa shape index (κ3) is 2.88. The van der Waals surface area contributed by atoms with E-state index in [1.807, 2.05) is 18.5 Å². The third-order valence-electron chi connectivity index (χ3n) is 3.95. The highest BCUT2D eigenvalue weighted by Gasteiger charge is 2.14. The van der Waals surface area contributed by atoms with Gasteiger partial charge in [-0.1, -0.05) is 6.07 Å². The predicted molar refractivity (Wildman–Crippen MR) is 80.9 cm³/mol. The molecule has 2 aromatic rings. The standard InChI is InChI=1S/C16H21N3O2/c1-20-15-4-3-12(9-16(15)21-2)6-8-19-11-18-13-10-17-7-5-14(13)19/h3-4,9,11,17H,5-8,10H2,1-2H3. The molecule has 0 saturated carbocycles. The van der Waals surface area contributed by atoms with Gasteiger partial charge in [0, 0.05) is 31.7 Å². The van der Waals surface area contributed by atoms with Crippen molar-refractivity contribution in [3.8, 4) is 11.5 Å². The number of imidazole rings is 1. The van der Waals surface area contributed by atoms with E-state index in [0.717, 1.165) is 44.0 Å². The summed E-state index contributed by atoms with van der Waals surface area (Å²) in [4.78, 5) is 4.49. The fourth-order valence-electron chi connectivity index (χ4n) is 2.78. The molecular weight excluding hydrogens is 266 g/mol. The van der Waals surface area contributed by atoms with Crippen molar-refractivity contribution in [2.24, 2.45) is 0 Å². The largest absolute Gasteiger partial charge is 0.493 e. The Kier molecular flexibility index (Phi) is 4.10. The van der Waals surface area contributed by atoms with Gasteiger partial charge in [-0.15, -0.1) is 0 Å². The number of ether oxygens (including phenoxy) is 2. The van der Waals surface area contributed by atoms with E-state index in [0.29, 0.717) is 0 Å². The highest BCUT2D eigenvalue weighted by atomic mass is 16.5. The summed E-state index contributed by atoms with van der Waals surface area (Å²) in [6.45, 7) is 2.87. The van der Waals surface area contributed by atoms with E-state index in [1.165, 1.54) is 17.0 Å². The first kappa shape index (κ1) is 13.9. The maximum Gasteiger partial charge on any atom is 0.160 e. The van der Waals surface area contributed by atoms with Gasteiger partial charge < -0.3 is 19.4 Å². The fourth-order valence-corrected chi connectivity index (χ4v) is 2.78. The lowest BCUT2D eigenvalue weighted by molar-refractivity contribution is 0.354. The van der Waals surface area contributed by atoms with Gasteiger partial charge in [0.2, 0.25) is 0 Å². The van der Waals surface area contributed by atoms with Gasteiger partial charge in [0.05, 0.1) is 26.2 Å². The zero-order valence-electron chi connectivity index (χ0n) is 12.6. The molecule has 3 rings (SSSR count). The Hall–Kier alpha value is -2.01. The van der Waals surface area contributed by atoms with Gasteiger partial charge in [0.25, 0.3) is 0 Å². The number of nitrogens with zero attached hydrogens (tertiary/aromatic N) is 2. The average molecular weight is 287 g/mol. The lowest BCUT2D eigenvalue weighted by Gasteiger charge is -2.15. The van der Waals surface area contributed by atoms with Gasteiger partial charge in [-0.05, 0) is 24.1 Å².